The summed E-state index contributed by atoms with van der Waals surface area (Å²) in [4.78, 5) is 58.8. The molecule has 244 valence electrons. The highest BCUT2D eigenvalue weighted by Gasteiger charge is 2.27. The van der Waals surface area contributed by atoms with E-state index in [0.717, 1.165) is 86.4 Å². The topological polar surface area (TPSA) is 132 Å². The Morgan fingerprint density at radius 2 is 1.77 bits per heavy atom. The summed E-state index contributed by atoms with van der Waals surface area (Å²) in [5, 5.41) is 6.51. The first kappa shape index (κ1) is 30.6. The first-order valence-corrected chi connectivity index (χ1v) is 16.3. The molecule has 0 spiro atoms. The van der Waals surface area contributed by atoms with Gasteiger partial charge in [-0.3, -0.25) is 24.7 Å². The van der Waals surface area contributed by atoms with Crippen molar-refractivity contribution in [2.24, 2.45) is 0 Å². The lowest BCUT2D eigenvalue weighted by molar-refractivity contribution is -0.120. The van der Waals surface area contributed by atoms with Crippen molar-refractivity contribution in [3.63, 3.8) is 0 Å². The molecule has 0 atom stereocenters. The van der Waals surface area contributed by atoms with Crippen LogP contribution in [0.4, 0.5) is 27.9 Å². The normalized spacial score (nSPS) is 17.7. The number of benzene rings is 1. The lowest BCUT2D eigenvalue weighted by atomic mass is 10.1. The number of aromatic nitrogens is 4. The van der Waals surface area contributed by atoms with Gasteiger partial charge in [0.1, 0.15) is 17.2 Å². The van der Waals surface area contributed by atoms with E-state index >= 15 is 0 Å². The predicted octanol–water partition coefficient (Wildman–Crippen LogP) is 4.16. The van der Waals surface area contributed by atoms with Crippen LogP contribution in [-0.4, -0.2) is 94.0 Å². The van der Waals surface area contributed by atoms with Gasteiger partial charge in [0, 0.05) is 83.1 Å². The van der Waals surface area contributed by atoms with E-state index in [9.17, 15) is 14.4 Å². The molecule has 0 radical (unpaired) electrons. The Balaban J connectivity index is 0.976. The summed E-state index contributed by atoms with van der Waals surface area (Å²) in [6.07, 6.45) is 8.35. The molecule has 3 aromatic heterocycles. The predicted molar refractivity (Wildman–Crippen MR) is 180 cm³/mol. The number of rotatable bonds is 8. The maximum atomic E-state index is 13.0. The van der Waals surface area contributed by atoms with Gasteiger partial charge in [0.2, 0.25) is 11.9 Å². The minimum atomic E-state index is -0.364. The van der Waals surface area contributed by atoms with Crippen molar-refractivity contribution in [3.8, 4) is 0 Å². The molecule has 2 N–H and O–H groups in total. The third-order valence-corrected chi connectivity index (χ3v) is 9.30. The molecule has 3 aliphatic rings. The molecule has 2 aliphatic heterocycles. The third kappa shape index (κ3) is 6.48. The second-order valence-electron chi connectivity index (χ2n) is 12.7. The van der Waals surface area contributed by atoms with Crippen LogP contribution in [0.25, 0.3) is 11.0 Å². The molecule has 13 heteroatoms. The second kappa shape index (κ2) is 13.0. The summed E-state index contributed by atoms with van der Waals surface area (Å²) >= 11 is 0. The first-order valence-electron chi connectivity index (χ1n) is 16.3. The number of urea groups is 1. The lowest BCUT2D eigenvalue weighted by Crippen LogP contribution is -2.49. The molecule has 4 aromatic rings. The van der Waals surface area contributed by atoms with Crippen molar-refractivity contribution in [3.05, 3.63) is 66.1 Å². The molecule has 1 aromatic carbocycles. The summed E-state index contributed by atoms with van der Waals surface area (Å²) in [6.45, 7) is 4.72. The number of imide groups is 1. The summed E-state index contributed by atoms with van der Waals surface area (Å²) in [7, 11) is 3.55. The number of nitrogens with zero attached hydrogens (tertiary/aromatic N) is 8. The van der Waals surface area contributed by atoms with E-state index in [1.165, 1.54) is 0 Å². The van der Waals surface area contributed by atoms with E-state index in [1.54, 1.807) is 30.1 Å². The SMILES string of the molecule is CN(C)C(=O)c1cc2cnc(Nc3ccc(N4CCN(Cc5cccc(N6CCC(=O)NC6=O)c5)CC4)cn3)nc2n1C1CCCC1. The largest absolute Gasteiger partial charge is 0.368 e. The van der Waals surface area contributed by atoms with Crippen molar-refractivity contribution in [1.29, 1.82) is 0 Å². The number of hydrogen-bond donors (Lipinski definition) is 2. The van der Waals surface area contributed by atoms with Crippen molar-refractivity contribution >= 4 is 52.0 Å². The molecule has 0 unspecified atom stereocenters. The fourth-order valence-electron chi connectivity index (χ4n) is 6.81. The zero-order chi connectivity index (χ0) is 32.5. The monoisotopic (exact) mass is 636 g/mol. The Hall–Kier alpha value is -5.04. The van der Waals surface area contributed by atoms with Crippen molar-refractivity contribution < 1.29 is 14.4 Å². The number of pyridine rings is 1. The molecular formula is C34H40N10O3. The van der Waals surface area contributed by atoms with Crippen LogP contribution in [0.1, 0.15) is 54.2 Å². The number of nitrogens with one attached hydrogen (secondary N) is 2. The Bertz CT molecular complexity index is 1790. The van der Waals surface area contributed by atoms with Crippen LogP contribution in [0.15, 0.2) is 54.9 Å². The number of amides is 4. The third-order valence-electron chi connectivity index (χ3n) is 9.30. The minimum Gasteiger partial charge on any atom is -0.368 e. The van der Waals surface area contributed by atoms with Gasteiger partial charge in [-0.15, -0.1) is 0 Å². The number of fused-ring (bicyclic) bond motifs is 1. The maximum absolute atomic E-state index is 13.0. The van der Waals surface area contributed by atoms with Gasteiger partial charge in [-0.25, -0.2) is 14.8 Å². The molecular weight excluding hydrogens is 596 g/mol. The number of anilines is 4. The van der Waals surface area contributed by atoms with Gasteiger partial charge in [-0.2, -0.15) is 4.98 Å². The standard InChI is InChI=1S/C34H40N10O3/c1-40(2)32(46)28-19-24-20-36-33(39-31(24)44(28)25-7-3-4-8-25)37-29-11-10-27(21-35-29)42-16-14-41(15-17-42)22-23-6-5-9-26(18-23)43-13-12-30(45)38-34(43)47/h5-6,9-11,18-21,25H,3-4,7-8,12-17,22H2,1-2H3,(H,38,45,47)(H,35,36,37,39). The van der Waals surface area contributed by atoms with Crippen molar-refractivity contribution in [1.82, 2.24) is 34.6 Å². The molecule has 1 aliphatic carbocycles. The van der Waals surface area contributed by atoms with E-state index in [4.69, 9.17) is 4.98 Å². The average molecular weight is 637 g/mol. The van der Waals surface area contributed by atoms with E-state index in [1.807, 2.05) is 36.5 Å². The van der Waals surface area contributed by atoms with Gasteiger partial charge in [0.25, 0.3) is 5.91 Å². The zero-order valence-corrected chi connectivity index (χ0v) is 26.9. The minimum absolute atomic E-state index is 0.0281. The van der Waals surface area contributed by atoms with E-state index in [2.05, 4.69) is 47.1 Å². The van der Waals surface area contributed by atoms with Crippen molar-refractivity contribution in [2.75, 3.05) is 61.9 Å². The van der Waals surface area contributed by atoms with Gasteiger partial charge in [0.05, 0.1) is 11.9 Å². The summed E-state index contributed by atoms with van der Waals surface area (Å²) in [5.41, 5.74) is 4.43. The van der Waals surface area contributed by atoms with Gasteiger partial charge in [0.15, 0.2) is 0 Å². The molecule has 4 amide bonds. The highest BCUT2D eigenvalue weighted by Crippen LogP contribution is 2.35. The smallest absolute Gasteiger partial charge is 0.328 e. The fraction of sp³-hybridized carbons (Fsp3) is 0.412. The summed E-state index contributed by atoms with van der Waals surface area (Å²) in [5.74, 6) is 0.847. The number of carbonyl (C=O) groups is 3. The molecule has 13 nitrogen and oxygen atoms in total. The average Bonchev–Trinajstić information content (AvgIpc) is 3.73. The van der Waals surface area contributed by atoms with Crippen LogP contribution in [-0.2, 0) is 11.3 Å². The van der Waals surface area contributed by atoms with E-state index in [0.29, 0.717) is 30.4 Å². The number of hydrogen-bond acceptors (Lipinski definition) is 9. The van der Waals surface area contributed by atoms with Crippen LogP contribution >= 0.6 is 0 Å². The van der Waals surface area contributed by atoms with Gasteiger partial charge >= 0.3 is 6.03 Å². The van der Waals surface area contributed by atoms with Gasteiger partial charge < -0.3 is 19.7 Å². The lowest BCUT2D eigenvalue weighted by Gasteiger charge is -2.36. The Labute approximate surface area is 273 Å². The Morgan fingerprint density at radius 1 is 0.957 bits per heavy atom. The first-order chi connectivity index (χ1) is 22.8. The van der Waals surface area contributed by atoms with E-state index in [-0.39, 0.29) is 23.9 Å². The molecule has 7 rings (SSSR count). The quantitative estimate of drug-likeness (QED) is 0.293. The zero-order valence-electron chi connectivity index (χ0n) is 26.9. The Kier molecular flexibility index (Phi) is 8.46. The molecule has 3 fully saturated rings. The highest BCUT2D eigenvalue weighted by atomic mass is 16.2. The molecule has 1 saturated carbocycles. The number of carbonyl (C=O) groups excluding carboxylic acids is 3. The molecule has 5 heterocycles. The van der Waals surface area contributed by atoms with Crippen LogP contribution in [0, 0.1) is 0 Å². The summed E-state index contributed by atoms with van der Waals surface area (Å²) in [6, 6.07) is 13.8. The summed E-state index contributed by atoms with van der Waals surface area (Å²) < 4.78 is 2.11. The maximum Gasteiger partial charge on any atom is 0.328 e. The van der Waals surface area contributed by atoms with Crippen LogP contribution in [0.2, 0.25) is 0 Å². The highest BCUT2D eigenvalue weighted by molar-refractivity contribution is 6.05. The van der Waals surface area contributed by atoms with Gasteiger partial charge in [-0.05, 0) is 48.7 Å². The second-order valence-corrected chi connectivity index (χ2v) is 12.7. The van der Waals surface area contributed by atoms with E-state index < -0.39 is 0 Å². The van der Waals surface area contributed by atoms with Crippen molar-refractivity contribution in [2.45, 2.75) is 44.7 Å². The molecule has 0 bridgehead atoms. The van der Waals surface area contributed by atoms with Crippen LogP contribution < -0.4 is 20.4 Å². The molecule has 2 saturated heterocycles. The number of piperazine rings is 1. The van der Waals surface area contributed by atoms with Crippen LogP contribution in [0.5, 0.6) is 0 Å². The Morgan fingerprint density at radius 3 is 2.49 bits per heavy atom. The fourth-order valence-corrected chi connectivity index (χ4v) is 6.81. The van der Waals surface area contributed by atoms with Gasteiger partial charge in [-0.1, -0.05) is 25.0 Å². The van der Waals surface area contributed by atoms with Crippen LogP contribution in [0.3, 0.4) is 0 Å². The molecule has 47 heavy (non-hydrogen) atoms.